The molecular formula is C22H29ClN4O2. The fraction of sp³-hybridized carbons (Fsp3) is 0.409. The molecule has 0 atom stereocenters. The highest BCUT2D eigenvalue weighted by molar-refractivity contribution is 6.33. The van der Waals surface area contributed by atoms with E-state index in [-0.39, 0.29) is 12.5 Å². The topological polar surface area (TPSA) is 64.7 Å². The third-order valence-corrected chi connectivity index (χ3v) is 5.09. The van der Waals surface area contributed by atoms with Gasteiger partial charge >= 0.3 is 0 Å². The van der Waals surface area contributed by atoms with Crippen molar-refractivity contribution >= 4 is 29.1 Å². The Morgan fingerprint density at radius 3 is 2.62 bits per heavy atom. The molecule has 1 aliphatic rings. The van der Waals surface area contributed by atoms with Gasteiger partial charge in [0.1, 0.15) is 23.2 Å². The average molecular weight is 417 g/mol. The van der Waals surface area contributed by atoms with Crippen molar-refractivity contribution in [1.29, 1.82) is 0 Å². The largest absolute Gasteiger partial charge is 0.366 e. The Labute approximate surface area is 177 Å². The lowest BCUT2D eigenvalue weighted by Gasteiger charge is -2.38. The van der Waals surface area contributed by atoms with E-state index < -0.39 is 0 Å². The standard InChI is InChI=1S/C22H29ClN4O2/c1-6-11-26(8-3)21-20(7-2)27(16(5)24-22(21)29)13-17(14-28)25-19-10-9-15(4)12-18(19)23/h9-10,12,25H,5-8,11,13H2,1-4H3,(H,24,29). The van der Waals surface area contributed by atoms with Gasteiger partial charge in [-0.3, -0.25) is 4.79 Å². The Kier molecular flexibility index (Phi) is 7.94. The Bertz CT molecular complexity index is 872. The molecule has 0 unspecified atom stereocenters. The first-order chi connectivity index (χ1) is 13.9. The summed E-state index contributed by atoms with van der Waals surface area (Å²) in [6.45, 7) is 13.7. The number of likely N-dealkylation sites (N-methyl/N-ethyl adjacent to an activating group) is 1. The van der Waals surface area contributed by atoms with Crippen molar-refractivity contribution in [2.75, 3.05) is 25.0 Å². The molecule has 0 saturated heterocycles. The van der Waals surface area contributed by atoms with Crippen LogP contribution in [-0.4, -0.2) is 41.3 Å². The van der Waals surface area contributed by atoms with Crippen LogP contribution in [0.1, 0.15) is 39.2 Å². The van der Waals surface area contributed by atoms with Crippen molar-refractivity contribution in [2.45, 2.75) is 40.5 Å². The smallest absolute Gasteiger partial charge is 0.274 e. The van der Waals surface area contributed by atoms with Gasteiger partial charge in [0.25, 0.3) is 5.91 Å². The summed E-state index contributed by atoms with van der Waals surface area (Å²) >= 11 is 6.29. The maximum Gasteiger partial charge on any atom is 0.274 e. The van der Waals surface area contributed by atoms with Gasteiger partial charge in [-0.1, -0.05) is 38.1 Å². The Morgan fingerprint density at radius 2 is 2.07 bits per heavy atom. The number of nitrogens with one attached hydrogen (secondary N) is 2. The number of aryl methyl sites for hydroxylation is 1. The predicted octanol–water partition coefficient (Wildman–Crippen LogP) is 4.03. The molecule has 1 amide bonds. The molecule has 29 heavy (non-hydrogen) atoms. The quantitative estimate of drug-likeness (QED) is 0.595. The molecule has 0 bridgehead atoms. The Morgan fingerprint density at radius 1 is 1.34 bits per heavy atom. The van der Waals surface area contributed by atoms with Crippen LogP contribution in [0.5, 0.6) is 0 Å². The molecule has 156 valence electrons. The van der Waals surface area contributed by atoms with Crippen molar-refractivity contribution in [2.24, 2.45) is 0 Å². The van der Waals surface area contributed by atoms with Gasteiger partial charge in [-0.15, -0.1) is 0 Å². The Balaban J connectivity index is 2.36. The SMILES string of the molecule is C=C1NC(=O)C(N(CC)CCC)=C(CC)N1CC(=C=O)Nc1ccc(C)cc1Cl. The van der Waals surface area contributed by atoms with E-state index in [1.54, 1.807) is 0 Å². The minimum Gasteiger partial charge on any atom is -0.366 e. The fourth-order valence-electron chi connectivity index (χ4n) is 3.39. The zero-order chi connectivity index (χ0) is 21.6. The minimum atomic E-state index is -0.162. The highest BCUT2D eigenvalue weighted by atomic mass is 35.5. The first-order valence-corrected chi connectivity index (χ1v) is 10.3. The Hall–Kier alpha value is -2.69. The summed E-state index contributed by atoms with van der Waals surface area (Å²) in [5, 5.41) is 6.41. The molecule has 2 rings (SSSR count). The number of nitrogens with zero attached hydrogens (tertiary/aromatic N) is 2. The lowest BCUT2D eigenvalue weighted by molar-refractivity contribution is -0.119. The van der Waals surface area contributed by atoms with Crippen LogP contribution in [0, 0.1) is 6.92 Å². The number of hydrogen-bond acceptors (Lipinski definition) is 5. The van der Waals surface area contributed by atoms with Crippen LogP contribution in [-0.2, 0) is 9.59 Å². The number of amides is 1. The number of carbonyl (C=O) groups is 1. The molecule has 2 N–H and O–H groups in total. The number of anilines is 1. The molecule has 7 heteroatoms. The number of carbonyl (C=O) groups excluding carboxylic acids is 2. The van der Waals surface area contributed by atoms with Gasteiger partial charge in [0.05, 0.1) is 17.3 Å². The molecule has 0 aromatic heterocycles. The summed E-state index contributed by atoms with van der Waals surface area (Å²) in [4.78, 5) is 28.3. The van der Waals surface area contributed by atoms with E-state index >= 15 is 0 Å². The predicted molar refractivity (Wildman–Crippen MR) is 118 cm³/mol. The lowest BCUT2D eigenvalue weighted by Crippen LogP contribution is -2.47. The highest BCUT2D eigenvalue weighted by Gasteiger charge is 2.31. The maximum atomic E-state index is 12.7. The normalized spacial score (nSPS) is 13.9. The van der Waals surface area contributed by atoms with Gasteiger partial charge in [0.2, 0.25) is 0 Å². The zero-order valence-electron chi connectivity index (χ0n) is 17.6. The van der Waals surface area contributed by atoms with Gasteiger partial charge < -0.3 is 20.4 Å². The molecule has 0 saturated carbocycles. The zero-order valence-corrected chi connectivity index (χ0v) is 18.3. The van der Waals surface area contributed by atoms with E-state index in [0.717, 1.165) is 24.2 Å². The molecular weight excluding hydrogens is 388 g/mol. The molecule has 1 heterocycles. The molecule has 1 aromatic rings. The van der Waals surface area contributed by atoms with Crippen LogP contribution in [0.4, 0.5) is 5.69 Å². The van der Waals surface area contributed by atoms with Crippen LogP contribution >= 0.6 is 11.6 Å². The molecule has 1 aliphatic heterocycles. The second-order valence-electron chi connectivity index (χ2n) is 6.90. The van der Waals surface area contributed by atoms with Crippen molar-refractivity contribution < 1.29 is 9.59 Å². The fourth-order valence-corrected chi connectivity index (χ4v) is 3.67. The van der Waals surface area contributed by atoms with E-state index in [9.17, 15) is 9.59 Å². The molecule has 0 radical (unpaired) electrons. The van der Waals surface area contributed by atoms with Crippen molar-refractivity contribution in [3.63, 3.8) is 0 Å². The summed E-state index contributed by atoms with van der Waals surface area (Å²) < 4.78 is 0. The van der Waals surface area contributed by atoms with Gasteiger partial charge in [-0.05, 0) is 44.4 Å². The van der Waals surface area contributed by atoms with E-state index in [4.69, 9.17) is 11.6 Å². The van der Waals surface area contributed by atoms with E-state index in [2.05, 4.69) is 29.0 Å². The number of benzene rings is 1. The summed E-state index contributed by atoms with van der Waals surface area (Å²) in [5.41, 5.74) is 3.42. The van der Waals surface area contributed by atoms with Crippen molar-refractivity contribution in [3.05, 3.63) is 58.3 Å². The van der Waals surface area contributed by atoms with Crippen molar-refractivity contribution in [1.82, 2.24) is 15.1 Å². The first-order valence-electron chi connectivity index (χ1n) is 9.89. The highest BCUT2D eigenvalue weighted by Crippen LogP contribution is 2.28. The monoisotopic (exact) mass is 416 g/mol. The average Bonchev–Trinajstić information content (AvgIpc) is 2.69. The third-order valence-electron chi connectivity index (χ3n) is 4.77. The summed E-state index contributed by atoms with van der Waals surface area (Å²) in [7, 11) is 0. The van der Waals surface area contributed by atoms with Crippen LogP contribution in [0.25, 0.3) is 0 Å². The summed E-state index contributed by atoms with van der Waals surface area (Å²) in [5.74, 6) is 2.24. The number of rotatable bonds is 9. The number of halogens is 1. The van der Waals surface area contributed by atoms with Crippen LogP contribution in [0.3, 0.4) is 0 Å². The van der Waals surface area contributed by atoms with E-state index in [1.807, 2.05) is 49.8 Å². The first kappa shape index (κ1) is 22.6. The van der Waals surface area contributed by atoms with Gasteiger partial charge in [-0.25, -0.2) is 4.79 Å². The van der Waals surface area contributed by atoms with E-state index in [1.165, 1.54) is 0 Å². The number of hydrogen-bond donors (Lipinski definition) is 2. The third kappa shape index (κ3) is 5.22. The van der Waals surface area contributed by atoms with Crippen molar-refractivity contribution in [3.8, 4) is 0 Å². The molecule has 0 fully saturated rings. The summed E-state index contributed by atoms with van der Waals surface area (Å²) in [6, 6.07) is 5.56. The van der Waals surface area contributed by atoms with Crippen LogP contribution < -0.4 is 10.6 Å². The van der Waals surface area contributed by atoms with Gasteiger partial charge in [0.15, 0.2) is 0 Å². The summed E-state index contributed by atoms with van der Waals surface area (Å²) in [6.07, 6.45) is 1.55. The van der Waals surface area contributed by atoms with Gasteiger partial charge in [0, 0.05) is 18.8 Å². The van der Waals surface area contributed by atoms with Crippen LogP contribution in [0.2, 0.25) is 5.02 Å². The van der Waals surface area contributed by atoms with Crippen LogP contribution in [0.15, 0.2) is 47.7 Å². The molecule has 0 aliphatic carbocycles. The second-order valence-corrected chi connectivity index (χ2v) is 7.31. The molecule has 1 aromatic carbocycles. The van der Waals surface area contributed by atoms with Gasteiger partial charge in [-0.2, -0.15) is 0 Å². The number of allylic oxidation sites excluding steroid dienone is 1. The molecule has 0 spiro atoms. The minimum absolute atomic E-state index is 0.162. The maximum absolute atomic E-state index is 12.7. The van der Waals surface area contributed by atoms with E-state index in [0.29, 0.717) is 40.9 Å². The lowest BCUT2D eigenvalue weighted by atomic mass is 10.1. The molecule has 6 nitrogen and oxygen atoms in total. The second kappa shape index (κ2) is 10.2.